The van der Waals surface area contributed by atoms with Gasteiger partial charge in [-0.15, -0.1) is 12.4 Å². The molecule has 0 aromatic carbocycles. The van der Waals surface area contributed by atoms with Gasteiger partial charge in [-0.2, -0.15) is 0 Å². The number of H-pyrrole nitrogens is 1. The van der Waals surface area contributed by atoms with E-state index < -0.39 is 0 Å². The molecule has 0 spiro atoms. The van der Waals surface area contributed by atoms with Crippen molar-refractivity contribution in [3.63, 3.8) is 0 Å². The van der Waals surface area contributed by atoms with E-state index in [2.05, 4.69) is 10.3 Å². The van der Waals surface area contributed by atoms with Crippen molar-refractivity contribution in [1.29, 1.82) is 0 Å². The lowest BCUT2D eigenvalue weighted by atomic mass is 9.91. The smallest absolute Gasteiger partial charge is 0.251 e. The Hall–Kier alpha value is -0.800. The summed E-state index contributed by atoms with van der Waals surface area (Å²) >= 11 is 0. The summed E-state index contributed by atoms with van der Waals surface area (Å²) in [5, 5.41) is 3.29. The molecular formula is C10H15ClN2O. The van der Waals surface area contributed by atoms with Crippen LogP contribution in [0.2, 0.25) is 0 Å². The highest BCUT2D eigenvalue weighted by Crippen LogP contribution is 2.21. The van der Waals surface area contributed by atoms with Crippen LogP contribution in [0.3, 0.4) is 0 Å². The van der Waals surface area contributed by atoms with E-state index in [1.54, 1.807) is 6.20 Å². The van der Waals surface area contributed by atoms with Gasteiger partial charge in [-0.05, 0) is 37.9 Å². The molecule has 2 heterocycles. The van der Waals surface area contributed by atoms with E-state index >= 15 is 0 Å². The van der Waals surface area contributed by atoms with Crippen LogP contribution in [0.25, 0.3) is 0 Å². The van der Waals surface area contributed by atoms with Crippen LogP contribution in [0.4, 0.5) is 0 Å². The first-order chi connectivity index (χ1) is 6.38. The van der Waals surface area contributed by atoms with Crippen molar-refractivity contribution in [2.24, 2.45) is 0 Å². The summed E-state index contributed by atoms with van der Waals surface area (Å²) in [4.78, 5) is 14.2. The van der Waals surface area contributed by atoms with E-state index in [9.17, 15) is 4.79 Å². The lowest BCUT2D eigenvalue weighted by molar-refractivity contribution is 0.458. The number of hydrogen-bond acceptors (Lipinski definition) is 2. The van der Waals surface area contributed by atoms with Crippen molar-refractivity contribution in [3.05, 3.63) is 34.2 Å². The van der Waals surface area contributed by atoms with Gasteiger partial charge in [0, 0.05) is 11.8 Å². The molecule has 3 nitrogen and oxygen atoms in total. The molecule has 0 aliphatic carbocycles. The molecule has 1 saturated heterocycles. The number of halogens is 1. The summed E-state index contributed by atoms with van der Waals surface area (Å²) in [5.41, 5.74) is 1.03. The number of hydrogen-bond donors (Lipinski definition) is 2. The Labute approximate surface area is 89.3 Å². The van der Waals surface area contributed by atoms with Crippen molar-refractivity contribution in [3.8, 4) is 0 Å². The van der Waals surface area contributed by atoms with Crippen molar-refractivity contribution in [1.82, 2.24) is 10.3 Å². The van der Waals surface area contributed by atoms with Crippen LogP contribution in [0, 0.1) is 0 Å². The predicted octanol–water partition coefficient (Wildman–Crippen LogP) is 1.26. The zero-order valence-electron chi connectivity index (χ0n) is 7.95. The predicted molar refractivity (Wildman–Crippen MR) is 59.2 cm³/mol. The highest BCUT2D eigenvalue weighted by molar-refractivity contribution is 5.85. The van der Waals surface area contributed by atoms with Gasteiger partial charge in [-0.1, -0.05) is 6.07 Å². The van der Waals surface area contributed by atoms with Gasteiger partial charge < -0.3 is 10.3 Å². The molecule has 1 aromatic heterocycles. The molecule has 0 atom stereocenters. The summed E-state index contributed by atoms with van der Waals surface area (Å²) in [6, 6.07) is 3.84. The Morgan fingerprint density at radius 3 is 2.64 bits per heavy atom. The Morgan fingerprint density at radius 2 is 2.00 bits per heavy atom. The Kier molecular flexibility index (Phi) is 4.17. The molecular weight excluding hydrogens is 200 g/mol. The summed E-state index contributed by atoms with van der Waals surface area (Å²) in [7, 11) is 0. The molecule has 4 heteroatoms. The third-order valence-corrected chi connectivity index (χ3v) is 2.63. The van der Waals surface area contributed by atoms with Crippen LogP contribution >= 0.6 is 12.4 Å². The summed E-state index contributed by atoms with van der Waals surface area (Å²) in [6.45, 7) is 2.05. The molecule has 1 fully saturated rings. The van der Waals surface area contributed by atoms with Gasteiger partial charge in [-0.25, -0.2) is 0 Å². The van der Waals surface area contributed by atoms with E-state index in [-0.39, 0.29) is 18.0 Å². The molecule has 2 N–H and O–H groups in total. The first kappa shape index (κ1) is 11.3. The van der Waals surface area contributed by atoms with Crippen LogP contribution in [0.1, 0.15) is 24.3 Å². The molecule has 1 aliphatic heterocycles. The number of piperidine rings is 1. The van der Waals surface area contributed by atoms with E-state index in [0.29, 0.717) is 5.92 Å². The normalized spacial score (nSPS) is 17.4. The SMILES string of the molecule is Cl.O=c1[nH]cccc1C1CCNCC1. The largest absolute Gasteiger partial charge is 0.329 e. The maximum absolute atomic E-state index is 11.4. The average Bonchev–Trinajstić information content (AvgIpc) is 2.20. The van der Waals surface area contributed by atoms with E-state index in [1.807, 2.05) is 12.1 Å². The molecule has 1 aliphatic rings. The molecule has 0 saturated carbocycles. The molecule has 14 heavy (non-hydrogen) atoms. The number of rotatable bonds is 1. The molecule has 0 amide bonds. The lowest BCUT2D eigenvalue weighted by Crippen LogP contribution is -2.29. The van der Waals surface area contributed by atoms with Gasteiger partial charge in [0.15, 0.2) is 0 Å². The standard InChI is InChI=1S/C10H14N2O.ClH/c13-10-9(2-1-5-12-10)8-3-6-11-7-4-8;/h1-2,5,8,11H,3-4,6-7H2,(H,12,13);1H. The highest BCUT2D eigenvalue weighted by Gasteiger charge is 2.16. The van der Waals surface area contributed by atoms with Crippen molar-refractivity contribution in [2.45, 2.75) is 18.8 Å². The van der Waals surface area contributed by atoms with Crippen LogP contribution in [0.15, 0.2) is 23.1 Å². The molecule has 0 radical (unpaired) electrons. The second kappa shape index (κ2) is 5.17. The van der Waals surface area contributed by atoms with E-state index in [4.69, 9.17) is 0 Å². The maximum atomic E-state index is 11.4. The Morgan fingerprint density at radius 1 is 1.29 bits per heavy atom. The van der Waals surface area contributed by atoms with Crippen molar-refractivity contribution >= 4 is 12.4 Å². The van der Waals surface area contributed by atoms with E-state index in [1.165, 1.54) is 0 Å². The second-order valence-electron chi connectivity index (χ2n) is 3.48. The minimum absolute atomic E-state index is 0. The van der Waals surface area contributed by atoms with Gasteiger partial charge >= 0.3 is 0 Å². The first-order valence-corrected chi connectivity index (χ1v) is 4.76. The van der Waals surface area contributed by atoms with Crippen LogP contribution < -0.4 is 10.9 Å². The number of aromatic nitrogens is 1. The maximum Gasteiger partial charge on any atom is 0.251 e. The fourth-order valence-corrected chi connectivity index (χ4v) is 1.89. The minimum atomic E-state index is 0. The Balaban J connectivity index is 0.000000980. The van der Waals surface area contributed by atoms with Crippen LogP contribution in [-0.2, 0) is 0 Å². The second-order valence-corrected chi connectivity index (χ2v) is 3.48. The fourth-order valence-electron chi connectivity index (χ4n) is 1.89. The molecule has 78 valence electrons. The first-order valence-electron chi connectivity index (χ1n) is 4.76. The zero-order valence-corrected chi connectivity index (χ0v) is 8.77. The van der Waals surface area contributed by atoms with Crippen LogP contribution in [0.5, 0.6) is 0 Å². The van der Waals surface area contributed by atoms with Gasteiger partial charge in [0.1, 0.15) is 0 Å². The molecule has 1 aromatic rings. The van der Waals surface area contributed by atoms with Gasteiger partial charge in [0.05, 0.1) is 0 Å². The number of pyridine rings is 1. The monoisotopic (exact) mass is 214 g/mol. The lowest BCUT2D eigenvalue weighted by Gasteiger charge is -2.21. The summed E-state index contributed by atoms with van der Waals surface area (Å²) < 4.78 is 0. The number of nitrogens with one attached hydrogen (secondary N) is 2. The van der Waals surface area contributed by atoms with E-state index in [0.717, 1.165) is 31.5 Å². The quantitative estimate of drug-likeness (QED) is 0.740. The topological polar surface area (TPSA) is 44.9 Å². The average molecular weight is 215 g/mol. The third kappa shape index (κ3) is 2.36. The van der Waals surface area contributed by atoms with Gasteiger partial charge in [-0.3, -0.25) is 4.79 Å². The third-order valence-electron chi connectivity index (χ3n) is 2.63. The summed E-state index contributed by atoms with van der Waals surface area (Å²) in [5.74, 6) is 0.450. The zero-order chi connectivity index (χ0) is 9.10. The van der Waals surface area contributed by atoms with Gasteiger partial charge in [0.25, 0.3) is 5.56 Å². The molecule has 0 bridgehead atoms. The molecule has 0 unspecified atom stereocenters. The fraction of sp³-hybridized carbons (Fsp3) is 0.500. The van der Waals surface area contributed by atoms with Crippen LogP contribution in [-0.4, -0.2) is 18.1 Å². The Bertz CT molecular complexity index is 331. The number of aromatic amines is 1. The minimum Gasteiger partial charge on any atom is -0.329 e. The molecule has 2 rings (SSSR count). The van der Waals surface area contributed by atoms with Gasteiger partial charge in [0.2, 0.25) is 0 Å². The summed E-state index contributed by atoms with van der Waals surface area (Å²) in [6.07, 6.45) is 3.84. The van der Waals surface area contributed by atoms with Crippen molar-refractivity contribution < 1.29 is 0 Å². The van der Waals surface area contributed by atoms with Crippen molar-refractivity contribution in [2.75, 3.05) is 13.1 Å². The highest BCUT2D eigenvalue weighted by atomic mass is 35.5.